The molecule has 0 heterocycles. The molecule has 98 valence electrons. The second-order valence-corrected chi connectivity index (χ2v) is 4.13. The van der Waals surface area contributed by atoms with Crippen molar-refractivity contribution in [2.45, 2.75) is 26.7 Å². The zero-order valence-corrected chi connectivity index (χ0v) is 10.9. The van der Waals surface area contributed by atoms with Crippen molar-refractivity contribution >= 4 is 0 Å². The molecule has 0 unspecified atom stereocenters. The molecule has 0 aromatic rings. The normalized spacial score (nSPS) is 11.6. The topological polar surface area (TPSA) is 46.9 Å². The van der Waals surface area contributed by atoms with Gasteiger partial charge in [0.25, 0.3) is 0 Å². The summed E-state index contributed by atoms with van der Waals surface area (Å²) < 4.78 is 0. The van der Waals surface area contributed by atoms with Gasteiger partial charge in [-0.25, -0.2) is 0 Å². The van der Waals surface area contributed by atoms with Crippen LogP contribution in [-0.4, -0.2) is 72.5 Å². The van der Waals surface area contributed by atoms with Crippen LogP contribution in [0, 0.1) is 0 Å². The quantitative estimate of drug-likeness (QED) is 0.541. The SMILES string of the molecule is CCCN(CCO)CCN(CCC)CCO. The molecule has 4 heteroatoms. The number of aliphatic hydroxyl groups excluding tert-OH is 2. The van der Waals surface area contributed by atoms with E-state index in [0.717, 1.165) is 52.1 Å². The van der Waals surface area contributed by atoms with Crippen LogP contribution in [0.3, 0.4) is 0 Å². The third kappa shape index (κ3) is 8.05. The van der Waals surface area contributed by atoms with Crippen LogP contribution in [0.1, 0.15) is 26.7 Å². The lowest BCUT2D eigenvalue weighted by molar-refractivity contribution is 0.151. The van der Waals surface area contributed by atoms with Gasteiger partial charge in [-0.05, 0) is 25.9 Å². The standard InChI is InChI=1S/C12H28N2O2/c1-3-5-13(9-11-15)7-8-14(6-4-2)10-12-16/h15-16H,3-12H2,1-2H3. The highest BCUT2D eigenvalue weighted by Gasteiger charge is 2.07. The minimum atomic E-state index is 0.230. The number of rotatable bonds is 11. The minimum absolute atomic E-state index is 0.230. The Balaban J connectivity index is 3.83. The number of aliphatic hydroxyl groups is 2. The molecule has 16 heavy (non-hydrogen) atoms. The van der Waals surface area contributed by atoms with Gasteiger partial charge in [-0.2, -0.15) is 0 Å². The van der Waals surface area contributed by atoms with Crippen LogP contribution in [0.5, 0.6) is 0 Å². The van der Waals surface area contributed by atoms with Gasteiger partial charge in [0.15, 0.2) is 0 Å². The summed E-state index contributed by atoms with van der Waals surface area (Å²) in [5, 5.41) is 17.9. The van der Waals surface area contributed by atoms with Crippen LogP contribution in [-0.2, 0) is 0 Å². The van der Waals surface area contributed by atoms with E-state index in [1.165, 1.54) is 0 Å². The molecular formula is C12H28N2O2. The van der Waals surface area contributed by atoms with Gasteiger partial charge in [0.05, 0.1) is 13.2 Å². The molecule has 0 amide bonds. The van der Waals surface area contributed by atoms with Crippen LogP contribution in [0.15, 0.2) is 0 Å². The molecule has 0 atom stereocenters. The van der Waals surface area contributed by atoms with Crippen LogP contribution in [0.25, 0.3) is 0 Å². The van der Waals surface area contributed by atoms with E-state index < -0.39 is 0 Å². The fourth-order valence-corrected chi connectivity index (χ4v) is 1.87. The number of hydrogen-bond acceptors (Lipinski definition) is 4. The maximum absolute atomic E-state index is 8.94. The highest BCUT2D eigenvalue weighted by molar-refractivity contribution is 4.62. The minimum Gasteiger partial charge on any atom is -0.395 e. The van der Waals surface area contributed by atoms with Crippen LogP contribution < -0.4 is 0 Å². The average molecular weight is 232 g/mol. The smallest absolute Gasteiger partial charge is 0.0558 e. The summed E-state index contributed by atoms with van der Waals surface area (Å²) in [4.78, 5) is 4.56. The van der Waals surface area contributed by atoms with Crippen molar-refractivity contribution in [3.63, 3.8) is 0 Å². The predicted molar refractivity (Wildman–Crippen MR) is 67.6 cm³/mol. The monoisotopic (exact) mass is 232 g/mol. The van der Waals surface area contributed by atoms with Crippen molar-refractivity contribution in [3.8, 4) is 0 Å². The van der Waals surface area contributed by atoms with E-state index >= 15 is 0 Å². The van der Waals surface area contributed by atoms with Crippen LogP contribution in [0.2, 0.25) is 0 Å². The Kier molecular flexibility index (Phi) is 11.2. The Morgan fingerprint density at radius 1 is 0.625 bits per heavy atom. The van der Waals surface area contributed by atoms with Gasteiger partial charge in [0.2, 0.25) is 0 Å². The average Bonchev–Trinajstić information content (AvgIpc) is 2.27. The summed E-state index contributed by atoms with van der Waals surface area (Å²) in [5.74, 6) is 0. The van der Waals surface area contributed by atoms with E-state index in [2.05, 4.69) is 23.6 Å². The zero-order chi connectivity index (χ0) is 12.2. The maximum atomic E-state index is 8.94. The van der Waals surface area contributed by atoms with E-state index in [-0.39, 0.29) is 13.2 Å². The summed E-state index contributed by atoms with van der Waals surface area (Å²) in [6.07, 6.45) is 2.24. The Morgan fingerprint density at radius 2 is 1.00 bits per heavy atom. The van der Waals surface area contributed by atoms with E-state index in [1.54, 1.807) is 0 Å². The first kappa shape index (κ1) is 15.8. The molecular weight excluding hydrogens is 204 g/mol. The van der Waals surface area contributed by atoms with Gasteiger partial charge in [0, 0.05) is 26.2 Å². The Labute approximate surface area is 99.9 Å². The second kappa shape index (κ2) is 11.3. The lowest BCUT2D eigenvalue weighted by atomic mass is 10.3. The molecule has 0 radical (unpaired) electrons. The largest absolute Gasteiger partial charge is 0.395 e. The van der Waals surface area contributed by atoms with Crippen molar-refractivity contribution < 1.29 is 10.2 Å². The Bertz CT molecular complexity index is 117. The highest BCUT2D eigenvalue weighted by atomic mass is 16.3. The van der Waals surface area contributed by atoms with Crippen LogP contribution >= 0.6 is 0 Å². The predicted octanol–water partition coefficient (Wildman–Crippen LogP) is 0.395. The molecule has 0 rings (SSSR count). The summed E-state index contributed by atoms with van der Waals surface area (Å²) in [7, 11) is 0. The van der Waals surface area contributed by atoms with Gasteiger partial charge in [-0.3, -0.25) is 9.80 Å². The Morgan fingerprint density at radius 3 is 1.25 bits per heavy atom. The van der Waals surface area contributed by atoms with Gasteiger partial charge in [-0.15, -0.1) is 0 Å². The molecule has 0 aromatic carbocycles. The first-order chi connectivity index (χ1) is 7.78. The summed E-state index contributed by atoms with van der Waals surface area (Å²) >= 11 is 0. The van der Waals surface area contributed by atoms with Crippen molar-refractivity contribution in [1.82, 2.24) is 9.80 Å². The molecule has 0 aliphatic heterocycles. The lowest BCUT2D eigenvalue weighted by Crippen LogP contribution is -2.38. The first-order valence-electron chi connectivity index (χ1n) is 6.44. The maximum Gasteiger partial charge on any atom is 0.0558 e. The molecule has 0 spiro atoms. The summed E-state index contributed by atoms with van der Waals surface area (Å²) in [6, 6.07) is 0. The third-order valence-electron chi connectivity index (χ3n) is 2.64. The van der Waals surface area contributed by atoms with Crippen molar-refractivity contribution in [2.75, 3.05) is 52.5 Å². The number of nitrogens with zero attached hydrogens (tertiary/aromatic N) is 2. The van der Waals surface area contributed by atoms with E-state index in [9.17, 15) is 0 Å². The van der Waals surface area contributed by atoms with Crippen molar-refractivity contribution in [2.24, 2.45) is 0 Å². The number of hydrogen-bond donors (Lipinski definition) is 2. The fourth-order valence-electron chi connectivity index (χ4n) is 1.87. The van der Waals surface area contributed by atoms with Gasteiger partial charge in [0.1, 0.15) is 0 Å². The van der Waals surface area contributed by atoms with Gasteiger partial charge >= 0.3 is 0 Å². The molecule has 0 aliphatic rings. The fraction of sp³-hybridized carbons (Fsp3) is 1.00. The molecule has 2 N–H and O–H groups in total. The molecule has 0 aliphatic carbocycles. The van der Waals surface area contributed by atoms with E-state index in [0.29, 0.717) is 0 Å². The van der Waals surface area contributed by atoms with Crippen molar-refractivity contribution in [1.29, 1.82) is 0 Å². The molecule has 0 saturated carbocycles. The van der Waals surface area contributed by atoms with Gasteiger partial charge in [-0.1, -0.05) is 13.8 Å². The van der Waals surface area contributed by atoms with Crippen molar-refractivity contribution in [3.05, 3.63) is 0 Å². The third-order valence-corrected chi connectivity index (χ3v) is 2.64. The first-order valence-corrected chi connectivity index (χ1v) is 6.44. The van der Waals surface area contributed by atoms with E-state index in [1.807, 2.05) is 0 Å². The molecule has 0 fully saturated rings. The second-order valence-electron chi connectivity index (χ2n) is 4.13. The molecule has 4 nitrogen and oxygen atoms in total. The zero-order valence-electron chi connectivity index (χ0n) is 10.9. The Hall–Kier alpha value is -0.160. The van der Waals surface area contributed by atoms with Gasteiger partial charge < -0.3 is 10.2 Å². The van der Waals surface area contributed by atoms with E-state index in [4.69, 9.17) is 10.2 Å². The lowest BCUT2D eigenvalue weighted by Gasteiger charge is -2.26. The molecule has 0 aromatic heterocycles. The molecule has 0 saturated heterocycles. The highest BCUT2D eigenvalue weighted by Crippen LogP contribution is 1.95. The summed E-state index contributed by atoms with van der Waals surface area (Å²) in [6.45, 7) is 10.3. The molecule has 0 bridgehead atoms. The van der Waals surface area contributed by atoms with Crippen LogP contribution in [0.4, 0.5) is 0 Å². The summed E-state index contributed by atoms with van der Waals surface area (Å²) in [5.41, 5.74) is 0.